The molecule has 1 atom stereocenters. The molecule has 98 valence electrons. The minimum Gasteiger partial charge on any atom is -0.369 e. The highest BCUT2D eigenvalue weighted by molar-refractivity contribution is 6.31. The lowest BCUT2D eigenvalue weighted by Gasteiger charge is -2.17. The molecule has 0 saturated carbocycles. The summed E-state index contributed by atoms with van der Waals surface area (Å²) in [7, 11) is 0. The predicted octanol–water partition coefficient (Wildman–Crippen LogP) is 1.59. The number of pyridine rings is 2. The van der Waals surface area contributed by atoms with E-state index in [0.29, 0.717) is 17.2 Å². The first-order valence-corrected chi connectivity index (χ1v) is 6.48. The minimum atomic E-state index is -0.242. The lowest BCUT2D eigenvalue weighted by Crippen LogP contribution is -2.27. The number of amides is 1. The maximum absolute atomic E-state index is 11.2. The van der Waals surface area contributed by atoms with Gasteiger partial charge in [0.2, 0.25) is 5.91 Å². The fraction of sp³-hybridized carbons (Fsp3) is 0.308. The monoisotopic (exact) mass is 276 g/mol. The normalized spacial score (nSPS) is 19.0. The zero-order chi connectivity index (χ0) is 13.4. The molecule has 2 aromatic heterocycles. The number of carbonyl (C=O) groups is 1. The van der Waals surface area contributed by atoms with Gasteiger partial charge in [-0.05, 0) is 24.6 Å². The molecule has 3 heterocycles. The summed E-state index contributed by atoms with van der Waals surface area (Å²) in [5.41, 5.74) is 5.99. The van der Waals surface area contributed by atoms with E-state index in [0.717, 1.165) is 24.2 Å². The Hall–Kier alpha value is -1.88. The highest BCUT2D eigenvalue weighted by atomic mass is 35.5. The molecule has 1 unspecified atom stereocenters. The number of nitrogens with zero attached hydrogens (tertiary/aromatic N) is 3. The number of halogens is 1. The first kappa shape index (κ1) is 12.2. The summed E-state index contributed by atoms with van der Waals surface area (Å²) in [6, 6.07) is 5.69. The molecule has 1 aliphatic heterocycles. The Kier molecular flexibility index (Phi) is 2.98. The predicted molar refractivity (Wildman–Crippen MR) is 74.1 cm³/mol. The molecular weight excluding hydrogens is 264 g/mol. The van der Waals surface area contributed by atoms with Crippen LogP contribution in [0.5, 0.6) is 0 Å². The summed E-state index contributed by atoms with van der Waals surface area (Å²) >= 11 is 5.89. The van der Waals surface area contributed by atoms with Crippen LogP contribution in [0.3, 0.4) is 0 Å². The van der Waals surface area contributed by atoms with Crippen LogP contribution in [-0.4, -0.2) is 29.0 Å². The third-order valence-corrected chi connectivity index (χ3v) is 3.62. The summed E-state index contributed by atoms with van der Waals surface area (Å²) in [6.07, 6.45) is 2.36. The van der Waals surface area contributed by atoms with E-state index in [9.17, 15) is 4.79 Å². The standard InChI is InChI=1S/C13H13ClN4O/c14-10-5-8-1-2-11(17-13(8)16-6-10)18-4-3-9(7-18)12(15)19/h1-2,5-6,9H,3-4,7H2,(H2,15,19). The van der Waals surface area contributed by atoms with Crippen molar-refractivity contribution in [2.45, 2.75) is 6.42 Å². The summed E-state index contributed by atoms with van der Waals surface area (Å²) in [6.45, 7) is 1.42. The number of primary amides is 1. The number of fused-ring (bicyclic) bond motifs is 1. The van der Waals surface area contributed by atoms with Crippen LogP contribution in [0.25, 0.3) is 11.0 Å². The van der Waals surface area contributed by atoms with Crippen LogP contribution >= 0.6 is 11.6 Å². The minimum absolute atomic E-state index is 0.0873. The van der Waals surface area contributed by atoms with E-state index in [1.54, 1.807) is 6.20 Å². The average molecular weight is 277 g/mol. The van der Waals surface area contributed by atoms with Crippen molar-refractivity contribution < 1.29 is 4.79 Å². The van der Waals surface area contributed by atoms with Crippen LogP contribution in [0.2, 0.25) is 5.02 Å². The van der Waals surface area contributed by atoms with Crippen LogP contribution in [0.4, 0.5) is 5.82 Å². The highest BCUT2D eigenvalue weighted by Gasteiger charge is 2.27. The van der Waals surface area contributed by atoms with Gasteiger partial charge in [-0.2, -0.15) is 0 Å². The summed E-state index contributed by atoms with van der Waals surface area (Å²) < 4.78 is 0. The molecule has 0 spiro atoms. The van der Waals surface area contributed by atoms with Crippen LogP contribution in [0.1, 0.15) is 6.42 Å². The van der Waals surface area contributed by atoms with Crippen molar-refractivity contribution in [2.24, 2.45) is 11.7 Å². The van der Waals surface area contributed by atoms with E-state index in [1.165, 1.54) is 0 Å². The number of nitrogens with two attached hydrogens (primary N) is 1. The summed E-state index contributed by atoms with van der Waals surface area (Å²) in [4.78, 5) is 21.9. The average Bonchev–Trinajstić information content (AvgIpc) is 2.88. The van der Waals surface area contributed by atoms with Crippen molar-refractivity contribution in [3.8, 4) is 0 Å². The molecule has 1 amide bonds. The maximum atomic E-state index is 11.2. The van der Waals surface area contributed by atoms with Crippen molar-refractivity contribution in [1.29, 1.82) is 0 Å². The van der Waals surface area contributed by atoms with Gasteiger partial charge >= 0.3 is 0 Å². The Labute approximate surface area is 115 Å². The van der Waals surface area contributed by atoms with Crippen molar-refractivity contribution >= 4 is 34.4 Å². The van der Waals surface area contributed by atoms with Gasteiger partial charge < -0.3 is 10.6 Å². The van der Waals surface area contributed by atoms with Crippen molar-refractivity contribution in [3.05, 3.63) is 29.4 Å². The number of anilines is 1. The lowest BCUT2D eigenvalue weighted by atomic mass is 10.1. The van der Waals surface area contributed by atoms with E-state index >= 15 is 0 Å². The molecule has 2 N–H and O–H groups in total. The number of rotatable bonds is 2. The van der Waals surface area contributed by atoms with E-state index in [-0.39, 0.29) is 11.8 Å². The van der Waals surface area contributed by atoms with Crippen molar-refractivity contribution in [3.63, 3.8) is 0 Å². The molecule has 3 rings (SSSR count). The fourth-order valence-corrected chi connectivity index (χ4v) is 2.52. The second-order valence-electron chi connectivity index (χ2n) is 4.70. The van der Waals surface area contributed by atoms with E-state index < -0.39 is 0 Å². The quantitative estimate of drug-likeness (QED) is 0.904. The first-order chi connectivity index (χ1) is 9.13. The van der Waals surface area contributed by atoms with Crippen LogP contribution in [0.15, 0.2) is 24.4 Å². The SMILES string of the molecule is NC(=O)C1CCN(c2ccc3cc(Cl)cnc3n2)C1. The van der Waals surface area contributed by atoms with Gasteiger partial charge in [0.15, 0.2) is 5.65 Å². The van der Waals surface area contributed by atoms with Gasteiger partial charge in [0.05, 0.1) is 10.9 Å². The second-order valence-corrected chi connectivity index (χ2v) is 5.14. The first-order valence-electron chi connectivity index (χ1n) is 6.10. The van der Waals surface area contributed by atoms with Gasteiger partial charge in [0, 0.05) is 24.7 Å². The molecule has 5 nitrogen and oxygen atoms in total. The van der Waals surface area contributed by atoms with Gasteiger partial charge in [-0.25, -0.2) is 9.97 Å². The molecular formula is C13H13ClN4O. The third kappa shape index (κ3) is 2.33. The fourth-order valence-electron chi connectivity index (χ4n) is 2.35. The Morgan fingerprint density at radius 3 is 3.05 bits per heavy atom. The zero-order valence-corrected chi connectivity index (χ0v) is 11.0. The van der Waals surface area contributed by atoms with Gasteiger partial charge in [-0.15, -0.1) is 0 Å². The molecule has 0 aromatic carbocycles. The molecule has 6 heteroatoms. The smallest absolute Gasteiger partial charge is 0.222 e. The Morgan fingerprint density at radius 2 is 2.32 bits per heavy atom. The molecule has 0 aliphatic carbocycles. The van der Waals surface area contributed by atoms with E-state index in [1.807, 2.05) is 18.2 Å². The van der Waals surface area contributed by atoms with Gasteiger partial charge in [-0.3, -0.25) is 4.79 Å². The second kappa shape index (κ2) is 4.66. The topological polar surface area (TPSA) is 72.1 Å². The van der Waals surface area contributed by atoms with E-state index in [2.05, 4.69) is 14.9 Å². The molecule has 2 aromatic rings. The number of hydrogen-bond donors (Lipinski definition) is 1. The zero-order valence-electron chi connectivity index (χ0n) is 10.2. The molecule has 1 saturated heterocycles. The van der Waals surface area contributed by atoms with Crippen LogP contribution in [-0.2, 0) is 4.79 Å². The summed E-state index contributed by atoms with van der Waals surface area (Å²) in [5, 5.41) is 1.50. The van der Waals surface area contributed by atoms with Crippen LogP contribution < -0.4 is 10.6 Å². The Morgan fingerprint density at radius 1 is 1.47 bits per heavy atom. The van der Waals surface area contributed by atoms with Crippen molar-refractivity contribution in [2.75, 3.05) is 18.0 Å². The largest absolute Gasteiger partial charge is 0.369 e. The van der Waals surface area contributed by atoms with E-state index in [4.69, 9.17) is 17.3 Å². The number of aromatic nitrogens is 2. The molecule has 1 aliphatic rings. The molecule has 19 heavy (non-hydrogen) atoms. The molecule has 0 bridgehead atoms. The molecule has 0 radical (unpaired) electrons. The number of carbonyl (C=O) groups excluding carboxylic acids is 1. The molecule has 1 fully saturated rings. The highest BCUT2D eigenvalue weighted by Crippen LogP contribution is 2.24. The third-order valence-electron chi connectivity index (χ3n) is 3.41. The summed E-state index contributed by atoms with van der Waals surface area (Å²) in [5.74, 6) is 0.495. The Bertz CT molecular complexity index is 646. The van der Waals surface area contributed by atoms with Crippen molar-refractivity contribution in [1.82, 2.24) is 9.97 Å². The van der Waals surface area contributed by atoms with Gasteiger partial charge in [0.1, 0.15) is 5.82 Å². The van der Waals surface area contributed by atoms with Gasteiger partial charge in [0.25, 0.3) is 0 Å². The van der Waals surface area contributed by atoms with Crippen LogP contribution in [0, 0.1) is 5.92 Å². The maximum Gasteiger partial charge on any atom is 0.222 e. The lowest BCUT2D eigenvalue weighted by molar-refractivity contribution is -0.121. The number of hydrogen-bond acceptors (Lipinski definition) is 4. The van der Waals surface area contributed by atoms with Gasteiger partial charge in [-0.1, -0.05) is 11.6 Å². The Balaban J connectivity index is 1.90.